The number of amides is 1. The van der Waals surface area contributed by atoms with E-state index in [-0.39, 0.29) is 17.1 Å². The van der Waals surface area contributed by atoms with Gasteiger partial charge in [0, 0.05) is 43.4 Å². The molecule has 1 fully saturated rings. The molecule has 4 aromatic heterocycles. The summed E-state index contributed by atoms with van der Waals surface area (Å²) in [5.41, 5.74) is 4.51. The maximum absolute atomic E-state index is 12.8. The summed E-state index contributed by atoms with van der Waals surface area (Å²) in [4.78, 5) is 26.3. The molecule has 0 atom stereocenters. The van der Waals surface area contributed by atoms with Crippen LogP contribution in [0, 0.1) is 6.92 Å². The number of piperazine rings is 1. The average molecular weight is 501 g/mol. The predicted molar refractivity (Wildman–Crippen MR) is 142 cm³/mol. The highest BCUT2D eigenvalue weighted by Gasteiger charge is 2.21. The van der Waals surface area contributed by atoms with Crippen molar-refractivity contribution in [3.05, 3.63) is 66.3 Å². The number of aromatic nitrogens is 5. The van der Waals surface area contributed by atoms with Crippen molar-refractivity contribution in [2.75, 3.05) is 43.4 Å². The molecular formula is C27H32N8O2. The lowest BCUT2D eigenvalue weighted by molar-refractivity contribution is 0.0993. The molecule has 1 aliphatic rings. The van der Waals surface area contributed by atoms with E-state index in [2.05, 4.69) is 48.5 Å². The normalized spacial score (nSPS) is 14.7. The summed E-state index contributed by atoms with van der Waals surface area (Å²) in [5, 5.41) is 11.6. The van der Waals surface area contributed by atoms with E-state index in [1.807, 2.05) is 52.2 Å². The molecule has 1 amide bonds. The molecule has 0 unspecified atom stereocenters. The van der Waals surface area contributed by atoms with Gasteiger partial charge in [-0.3, -0.25) is 14.8 Å². The fraction of sp³-hybridized carbons (Fsp3) is 0.370. The average Bonchev–Trinajstić information content (AvgIpc) is 3.56. The maximum Gasteiger partial charge on any atom is 0.291 e. The Labute approximate surface area is 216 Å². The van der Waals surface area contributed by atoms with Gasteiger partial charge in [-0.1, -0.05) is 26.0 Å². The molecule has 37 heavy (non-hydrogen) atoms. The summed E-state index contributed by atoms with van der Waals surface area (Å²) >= 11 is 0. The highest BCUT2D eigenvalue weighted by Crippen LogP contribution is 2.26. The molecule has 0 spiro atoms. The van der Waals surface area contributed by atoms with Crippen molar-refractivity contribution in [1.82, 2.24) is 29.9 Å². The fourth-order valence-corrected chi connectivity index (χ4v) is 4.20. The number of likely N-dealkylation sites (N-methyl/N-ethyl adjacent to an activating group) is 1. The zero-order valence-electron chi connectivity index (χ0n) is 21.9. The van der Waals surface area contributed by atoms with Gasteiger partial charge < -0.3 is 19.5 Å². The van der Waals surface area contributed by atoms with Crippen LogP contribution >= 0.6 is 0 Å². The largest absolute Gasteiger partial charge is 0.455 e. The van der Waals surface area contributed by atoms with Gasteiger partial charge in [0.2, 0.25) is 0 Å². The highest BCUT2D eigenvalue weighted by atomic mass is 16.4. The summed E-state index contributed by atoms with van der Waals surface area (Å²) in [7, 11) is 2.14. The number of rotatable bonds is 5. The first-order valence-corrected chi connectivity index (χ1v) is 12.4. The first-order valence-electron chi connectivity index (χ1n) is 12.4. The number of hydrogen-bond acceptors (Lipinski definition) is 8. The molecule has 5 heterocycles. The third-order valence-electron chi connectivity index (χ3n) is 6.52. The number of aryl methyl sites for hydroxylation is 1. The van der Waals surface area contributed by atoms with Crippen LogP contribution in [0.2, 0.25) is 0 Å². The smallest absolute Gasteiger partial charge is 0.291 e. The molecule has 0 bridgehead atoms. The third kappa shape index (κ3) is 5.39. The molecule has 5 rings (SSSR count). The van der Waals surface area contributed by atoms with Crippen LogP contribution in [-0.4, -0.2) is 69.0 Å². The number of carbonyl (C=O) groups excluding carboxylic acids is 1. The van der Waals surface area contributed by atoms with E-state index in [4.69, 9.17) is 4.42 Å². The predicted octanol–water partition coefficient (Wildman–Crippen LogP) is 3.93. The minimum Gasteiger partial charge on any atom is -0.455 e. The Kier molecular flexibility index (Phi) is 6.51. The third-order valence-corrected chi connectivity index (χ3v) is 6.52. The molecule has 10 nitrogen and oxygen atoms in total. The summed E-state index contributed by atoms with van der Waals surface area (Å²) in [6.45, 7) is 12.0. The summed E-state index contributed by atoms with van der Waals surface area (Å²) in [6, 6.07) is 7.44. The van der Waals surface area contributed by atoms with Gasteiger partial charge in [0.25, 0.3) is 5.91 Å². The number of anilines is 2. The lowest BCUT2D eigenvalue weighted by atomic mass is 9.94. The number of nitrogens with zero attached hydrogens (tertiary/aromatic N) is 7. The monoisotopic (exact) mass is 500 g/mol. The Bertz CT molecular complexity index is 1410. The molecule has 0 aliphatic carbocycles. The zero-order chi connectivity index (χ0) is 26.2. The molecule has 1 N–H and O–H groups in total. The number of furan rings is 1. The lowest BCUT2D eigenvalue weighted by Gasteiger charge is -2.33. The Morgan fingerprint density at radius 1 is 1.05 bits per heavy atom. The standard InChI is InChI=1S/C27H32N8O2/c1-18-23(13-20(15-29-18)30-26(36)24-6-7-25(37-24)27(2,3)4)35-17-22(31-32-35)19-12-21(16-28-14-19)34-10-8-33(5)9-11-34/h6-7,12-17H,8-11H2,1-5H3,(H,30,36). The second kappa shape index (κ2) is 9.78. The maximum atomic E-state index is 12.8. The Balaban J connectivity index is 1.35. The second-order valence-electron chi connectivity index (χ2n) is 10.5. The summed E-state index contributed by atoms with van der Waals surface area (Å²) < 4.78 is 7.43. The first kappa shape index (κ1) is 24.6. The van der Waals surface area contributed by atoms with Crippen LogP contribution in [-0.2, 0) is 5.41 Å². The van der Waals surface area contributed by atoms with Crippen LogP contribution in [0.3, 0.4) is 0 Å². The van der Waals surface area contributed by atoms with Crippen molar-refractivity contribution in [3.63, 3.8) is 0 Å². The molecule has 4 aromatic rings. The van der Waals surface area contributed by atoms with Crippen LogP contribution < -0.4 is 10.2 Å². The van der Waals surface area contributed by atoms with E-state index in [0.717, 1.165) is 54.6 Å². The van der Waals surface area contributed by atoms with Gasteiger partial charge in [0.1, 0.15) is 11.5 Å². The van der Waals surface area contributed by atoms with Crippen molar-refractivity contribution < 1.29 is 9.21 Å². The van der Waals surface area contributed by atoms with Crippen molar-refractivity contribution in [2.24, 2.45) is 0 Å². The SMILES string of the molecule is Cc1ncc(NC(=O)c2ccc(C(C)(C)C)o2)cc1-n1cc(-c2cncc(N3CCN(C)CC3)c2)nn1. The summed E-state index contributed by atoms with van der Waals surface area (Å²) in [5.74, 6) is 0.669. The number of nitrogens with one attached hydrogen (secondary N) is 1. The van der Waals surface area contributed by atoms with Crippen molar-refractivity contribution in [3.8, 4) is 16.9 Å². The van der Waals surface area contributed by atoms with Gasteiger partial charge >= 0.3 is 0 Å². The Morgan fingerprint density at radius 3 is 2.57 bits per heavy atom. The van der Waals surface area contributed by atoms with E-state index >= 15 is 0 Å². The molecule has 192 valence electrons. The van der Waals surface area contributed by atoms with Crippen LogP contribution in [0.5, 0.6) is 0 Å². The second-order valence-corrected chi connectivity index (χ2v) is 10.5. The van der Waals surface area contributed by atoms with E-state index in [9.17, 15) is 4.79 Å². The minimum absolute atomic E-state index is 0.179. The van der Waals surface area contributed by atoms with E-state index < -0.39 is 0 Å². The van der Waals surface area contributed by atoms with Crippen molar-refractivity contribution in [2.45, 2.75) is 33.1 Å². The van der Waals surface area contributed by atoms with Gasteiger partial charge in [-0.15, -0.1) is 5.10 Å². The molecule has 1 aliphatic heterocycles. The van der Waals surface area contributed by atoms with Crippen LogP contribution in [0.15, 0.2) is 53.5 Å². The van der Waals surface area contributed by atoms with E-state index in [1.165, 1.54) is 0 Å². The highest BCUT2D eigenvalue weighted by molar-refractivity contribution is 6.02. The molecule has 1 saturated heterocycles. The Hall–Kier alpha value is -4.05. The Morgan fingerprint density at radius 2 is 1.84 bits per heavy atom. The van der Waals surface area contributed by atoms with Crippen molar-refractivity contribution >= 4 is 17.3 Å². The number of pyridine rings is 2. The number of carbonyl (C=O) groups is 1. The van der Waals surface area contributed by atoms with Gasteiger partial charge in [-0.25, -0.2) is 4.68 Å². The minimum atomic E-state index is -0.335. The van der Waals surface area contributed by atoms with Crippen LogP contribution in [0.25, 0.3) is 16.9 Å². The quantitative estimate of drug-likeness (QED) is 0.440. The zero-order valence-corrected chi connectivity index (χ0v) is 21.9. The molecule has 0 saturated carbocycles. The van der Waals surface area contributed by atoms with Crippen molar-refractivity contribution in [1.29, 1.82) is 0 Å². The topological polar surface area (TPSA) is 105 Å². The lowest BCUT2D eigenvalue weighted by Crippen LogP contribution is -2.44. The van der Waals surface area contributed by atoms with E-state index in [1.54, 1.807) is 23.1 Å². The van der Waals surface area contributed by atoms with Crippen LogP contribution in [0.4, 0.5) is 11.4 Å². The van der Waals surface area contributed by atoms with Gasteiger partial charge in [-0.05, 0) is 38.2 Å². The molecule has 0 radical (unpaired) electrons. The fourth-order valence-electron chi connectivity index (χ4n) is 4.20. The molecule has 0 aromatic carbocycles. The molecule has 10 heteroatoms. The summed E-state index contributed by atoms with van der Waals surface area (Å²) in [6.07, 6.45) is 7.15. The van der Waals surface area contributed by atoms with Gasteiger partial charge in [0.15, 0.2) is 5.76 Å². The van der Waals surface area contributed by atoms with E-state index in [0.29, 0.717) is 11.4 Å². The van der Waals surface area contributed by atoms with Gasteiger partial charge in [0.05, 0.1) is 41.3 Å². The number of hydrogen-bond donors (Lipinski definition) is 1. The van der Waals surface area contributed by atoms with Crippen LogP contribution in [0.1, 0.15) is 42.8 Å². The van der Waals surface area contributed by atoms with Gasteiger partial charge in [-0.2, -0.15) is 0 Å². The first-order chi connectivity index (χ1) is 17.7. The molecular weight excluding hydrogens is 468 g/mol.